The molecule has 14 heavy (non-hydrogen) atoms. The Labute approximate surface area is 95.6 Å². The largest absolute Gasteiger partial charge is 0.228 e. The first kappa shape index (κ1) is 9.89. The molecular formula is C10H10FIN2. The zero-order valence-corrected chi connectivity index (χ0v) is 10.1. The number of halogens is 2. The van der Waals surface area contributed by atoms with Crippen LogP contribution in [0.5, 0.6) is 0 Å². The molecule has 0 radical (unpaired) electrons. The molecule has 0 fully saturated rings. The number of hydrogen-bond acceptors (Lipinski definition) is 1. The number of aromatic nitrogens is 2. The second-order valence-electron chi connectivity index (χ2n) is 3.55. The lowest BCUT2D eigenvalue weighted by atomic mass is 10.00. The van der Waals surface area contributed by atoms with Gasteiger partial charge in [0, 0.05) is 0 Å². The third-order valence-electron chi connectivity index (χ3n) is 2.26. The third-order valence-corrected chi connectivity index (χ3v) is 2.90. The first-order valence-electron chi connectivity index (χ1n) is 4.44. The molecule has 0 amide bonds. The normalized spacial score (nSPS) is 11.5. The van der Waals surface area contributed by atoms with Crippen LogP contribution in [0.4, 0.5) is 4.39 Å². The lowest BCUT2D eigenvalue weighted by molar-refractivity contribution is 0.580. The van der Waals surface area contributed by atoms with E-state index in [0.717, 1.165) is 11.1 Å². The van der Waals surface area contributed by atoms with Crippen LogP contribution in [0.15, 0.2) is 18.2 Å². The molecule has 0 saturated carbocycles. The van der Waals surface area contributed by atoms with Crippen LogP contribution in [-0.4, -0.2) is 7.99 Å². The Morgan fingerprint density at radius 1 is 1.43 bits per heavy atom. The van der Waals surface area contributed by atoms with Gasteiger partial charge in [0.05, 0.1) is 33.8 Å². The van der Waals surface area contributed by atoms with E-state index >= 15 is 0 Å². The quantitative estimate of drug-likeness (QED) is 0.737. The highest BCUT2D eigenvalue weighted by Crippen LogP contribution is 2.27. The lowest BCUT2D eigenvalue weighted by Gasteiger charge is -2.05. The molecule has 4 heteroatoms. The average Bonchev–Trinajstić information content (AvgIpc) is 2.43. The fourth-order valence-corrected chi connectivity index (χ4v) is 2.05. The van der Waals surface area contributed by atoms with E-state index in [1.54, 1.807) is 0 Å². The van der Waals surface area contributed by atoms with E-state index in [1.165, 1.54) is 2.90 Å². The zero-order valence-electron chi connectivity index (χ0n) is 7.96. The summed E-state index contributed by atoms with van der Waals surface area (Å²) in [5, 5.41) is 4.73. The minimum atomic E-state index is -0.259. The summed E-state index contributed by atoms with van der Waals surface area (Å²) < 4.78 is 14.9. The maximum atomic E-state index is 13.7. The van der Waals surface area contributed by atoms with Crippen molar-refractivity contribution in [2.24, 2.45) is 0 Å². The summed E-state index contributed by atoms with van der Waals surface area (Å²) >= 11 is 1.85. The fourth-order valence-electron chi connectivity index (χ4n) is 1.58. The van der Waals surface area contributed by atoms with Gasteiger partial charge in [-0.15, -0.1) is 0 Å². The predicted octanol–water partition coefficient (Wildman–Crippen LogP) is 3.50. The zero-order chi connectivity index (χ0) is 10.3. The van der Waals surface area contributed by atoms with Crippen LogP contribution in [0.1, 0.15) is 25.3 Å². The second-order valence-corrected chi connectivity index (χ2v) is 4.46. The van der Waals surface area contributed by atoms with Crippen molar-refractivity contribution in [1.82, 2.24) is 7.99 Å². The highest BCUT2D eigenvalue weighted by Gasteiger charge is 2.14. The van der Waals surface area contributed by atoms with Crippen LogP contribution in [0.25, 0.3) is 10.9 Å². The van der Waals surface area contributed by atoms with E-state index in [-0.39, 0.29) is 5.95 Å². The van der Waals surface area contributed by atoms with Crippen LogP contribution in [0, 0.1) is 5.95 Å². The summed E-state index contributed by atoms with van der Waals surface area (Å²) in [6.45, 7) is 4.11. The molecule has 1 aromatic carbocycles. The molecular weight excluding hydrogens is 294 g/mol. The van der Waals surface area contributed by atoms with Gasteiger partial charge in [-0.2, -0.15) is 12.4 Å². The minimum Gasteiger partial charge on any atom is -0.184 e. The van der Waals surface area contributed by atoms with E-state index < -0.39 is 0 Å². The molecule has 2 rings (SSSR count). The van der Waals surface area contributed by atoms with Gasteiger partial charge in [-0.3, -0.25) is 0 Å². The van der Waals surface area contributed by atoms with Gasteiger partial charge in [0.15, 0.2) is 0 Å². The van der Waals surface area contributed by atoms with Gasteiger partial charge in [-0.05, 0) is 17.5 Å². The molecule has 0 spiro atoms. The van der Waals surface area contributed by atoms with Gasteiger partial charge >= 0.3 is 0 Å². The monoisotopic (exact) mass is 304 g/mol. The molecule has 74 valence electrons. The molecule has 1 heterocycles. The number of rotatable bonds is 1. The molecule has 0 N–H and O–H groups in total. The van der Waals surface area contributed by atoms with Crippen LogP contribution in [0.3, 0.4) is 0 Å². The van der Waals surface area contributed by atoms with E-state index in [9.17, 15) is 4.39 Å². The molecule has 2 nitrogen and oxygen atoms in total. The molecule has 1 aromatic heterocycles. The van der Waals surface area contributed by atoms with Gasteiger partial charge in [0.1, 0.15) is 0 Å². The van der Waals surface area contributed by atoms with Crippen molar-refractivity contribution in [1.29, 1.82) is 0 Å². The van der Waals surface area contributed by atoms with Crippen molar-refractivity contribution in [2.75, 3.05) is 0 Å². The van der Waals surface area contributed by atoms with E-state index in [4.69, 9.17) is 0 Å². The van der Waals surface area contributed by atoms with Crippen molar-refractivity contribution in [2.45, 2.75) is 19.8 Å². The molecule has 0 aliphatic carbocycles. The highest BCUT2D eigenvalue weighted by molar-refractivity contribution is 14.1. The van der Waals surface area contributed by atoms with Crippen molar-refractivity contribution >= 4 is 33.8 Å². The molecule has 0 aliphatic heterocycles. The molecule has 0 bridgehead atoms. The fraction of sp³-hybridized carbons (Fsp3) is 0.300. The average molecular weight is 304 g/mol. The summed E-state index contributed by atoms with van der Waals surface area (Å²) in [7, 11) is 0. The first-order chi connectivity index (χ1) is 6.61. The number of nitrogens with zero attached hydrogens (tertiary/aromatic N) is 2. The molecule has 2 aromatic rings. The standard InChI is InChI=1S/C10H10FIN2/c1-6(2)7-4-3-5-8-9(7)10(11)14(12)13-8/h3-6H,1-2H3. The van der Waals surface area contributed by atoms with Gasteiger partial charge in [-0.1, -0.05) is 26.0 Å². The van der Waals surface area contributed by atoms with Crippen molar-refractivity contribution in [3.05, 3.63) is 29.7 Å². The Balaban J connectivity index is 2.84. The number of benzene rings is 1. The van der Waals surface area contributed by atoms with Crippen LogP contribution in [-0.2, 0) is 0 Å². The molecule has 0 unspecified atom stereocenters. The smallest absolute Gasteiger partial charge is 0.184 e. The highest BCUT2D eigenvalue weighted by atomic mass is 127. The molecule has 0 saturated heterocycles. The van der Waals surface area contributed by atoms with E-state index in [0.29, 0.717) is 11.3 Å². The van der Waals surface area contributed by atoms with E-state index in [2.05, 4.69) is 18.9 Å². The lowest BCUT2D eigenvalue weighted by Crippen LogP contribution is -1.90. The number of fused-ring (bicyclic) bond motifs is 1. The van der Waals surface area contributed by atoms with Crippen LogP contribution >= 0.6 is 22.9 Å². The molecule has 0 atom stereocenters. The van der Waals surface area contributed by atoms with Gasteiger partial charge in [0.2, 0.25) is 5.95 Å². The first-order valence-corrected chi connectivity index (χ1v) is 5.41. The molecule has 0 aliphatic rings. The topological polar surface area (TPSA) is 17.8 Å². The summed E-state index contributed by atoms with van der Waals surface area (Å²) in [6.07, 6.45) is 0. The van der Waals surface area contributed by atoms with Crippen LogP contribution in [0.2, 0.25) is 0 Å². The van der Waals surface area contributed by atoms with Crippen molar-refractivity contribution in [3.63, 3.8) is 0 Å². The predicted molar refractivity (Wildman–Crippen MR) is 63.2 cm³/mol. The van der Waals surface area contributed by atoms with Crippen LogP contribution < -0.4 is 0 Å². The second kappa shape index (κ2) is 3.49. The Bertz CT molecular complexity index is 476. The maximum absolute atomic E-state index is 13.7. The van der Waals surface area contributed by atoms with Crippen molar-refractivity contribution < 1.29 is 4.39 Å². The summed E-state index contributed by atoms with van der Waals surface area (Å²) in [5.41, 5.74) is 1.74. The summed E-state index contributed by atoms with van der Waals surface area (Å²) in [4.78, 5) is 0. The SMILES string of the molecule is CC(C)c1cccc2nn(I)c(F)c12. The van der Waals surface area contributed by atoms with Gasteiger partial charge in [-0.25, -0.2) is 0 Å². The summed E-state index contributed by atoms with van der Waals surface area (Å²) in [6, 6.07) is 5.70. The Morgan fingerprint density at radius 3 is 2.79 bits per heavy atom. The summed E-state index contributed by atoms with van der Waals surface area (Å²) in [5.74, 6) is 0.0544. The van der Waals surface area contributed by atoms with Gasteiger partial charge in [0.25, 0.3) is 0 Å². The Morgan fingerprint density at radius 2 is 2.14 bits per heavy atom. The Hall–Kier alpha value is -0.650. The van der Waals surface area contributed by atoms with E-state index in [1.807, 2.05) is 41.1 Å². The maximum Gasteiger partial charge on any atom is 0.228 e. The number of hydrogen-bond donors (Lipinski definition) is 0. The van der Waals surface area contributed by atoms with Gasteiger partial charge < -0.3 is 0 Å². The van der Waals surface area contributed by atoms with Crippen molar-refractivity contribution in [3.8, 4) is 0 Å². The third kappa shape index (κ3) is 1.41. The minimum absolute atomic E-state index is 0.259. The Kier molecular flexibility index (Phi) is 2.47.